The van der Waals surface area contributed by atoms with E-state index in [0.29, 0.717) is 43.6 Å². The molecule has 1 aromatic heterocycles. The predicted molar refractivity (Wildman–Crippen MR) is 154 cm³/mol. The van der Waals surface area contributed by atoms with E-state index in [4.69, 9.17) is 19.3 Å². The van der Waals surface area contributed by atoms with Crippen LogP contribution in [0.2, 0.25) is 0 Å². The van der Waals surface area contributed by atoms with Gasteiger partial charge in [-0.05, 0) is 36.2 Å². The minimum atomic E-state index is -0.333. The Labute approximate surface area is 238 Å². The number of hydrogen-bond acceptors (Lipinski definition) is 7. The van der Waals surface area contributed by atoms with Gasteiger partial charge in [0.1, 0.15) is 12.4 Å². The summed E-state index contributed by atoms with van der Waals surface area (Å²) in [5, 5.41) is 4.99. The summed E-state index contributed by atoms with van der Waals surface area (Å²) < 4.78 is 18.6. The van der Waals surface area contributed by atoms with Gasteiger partial charge in [0.2, 0.25) is 18.6 Å². The van der Waals surface area contributed by atoms with Crippen LogP contribution in [0.3, 0.4) is 0 Å². The van der Waals surface area contributed by atoms with Gasteiger partial charge in [-0.2, -0.15) is 5.10 Å². The zero-order valence-corrected chi connectivity index (χ0v) is 24.1. The standard InChI is InChI=1S/C30H34N4O5S/c1-19-7-5-6-8-21(19)34-29-26(28(31-34)30(2,3)4)27(20-9-10-22-23(15-20)39-18-38-22)40-17-25(36)33(29)16-24(35)32-11-13-37-14-12-32/h5-10,15,27H,11-14,16-18H2,1-4H3/t27-/m0/s1. The van der Waals surface area contributed by atoms with Crippen molar-refractivity contribution in [1.82, 2.24) is 14.7 Å². The number of para-hydroxylation sites is 1. The van der Waals surface area contributed by atoms with E-state index in [-0.39, 0.29) is 41.6 Å². The van der Waals surface area contributed by atoms with E-state index in [2.05, 4.69) is 20.8 Å². The van der Waals surface area contributed by atoms with Crippen molar-refractivity contribution >= 4 is 29.4 Å². The number of amides is 2. The second kappa shape index (κ2) is 10.5. The number of aryl methyl sites for hydroxylation is 1. The van der Waals surface area contributed by atoms with E-state index in [0.717, 1.165) is 28.1 Å². The minimum Gasteiger partial charge on any atom is -0.454 e. The molecule has 6 rings (SSSR count). The maximum Gasteiger partial charge on any atom is 0.242 e. The number of ether oxygens (including phenoxy) is 3. The van der Waals surface area contributed by atoms with Crippen molar-refractivity contribution in [3.05, 3.63) is 64.8 Å². The summed E-state index contributed by atoms with van der Waals surface area (Å²) in [7, 11) is 0. The molecule has 9 nitrogen and oxygen atoms in total. The SMILES string of the molecule is Cc1ccccc1-n1nc(C(C)(C)C)c2c1N(CC(=O)N1CCOCC1)C(=O)CS[C@H]2c1ccc2c(c1)OCO2. The molecule has 0 unspecified atom stereocenters. The van der Waals surface area contributed by atoms with Crippen molar-refractivity contribution in [1.29, 1.82) is 0 Å². The molecule has 1 fully saturated rings. The van der Waals surface area contributed by atoms with Gasteiger partial charge in [0.15, 0.2) is 11.5 Å². The molecule has 3 aromatic rings. The van der Waals surface area contributed by atoms with Gasteiger partial charge in [0.25, 0.3) is 0 Å². The number of aromatic nitrogens is 2. The number of morpholine rings is 1. The van der Waals surface area contributed by atoms with Crippen LogP contribution in [-0.2, 0) is 19.7 Å². The molecule has 2 amide bonds. The maximum absolute atomic E-state index is 13.9. The van der Waals surface area contributed by atoms with E-state index in [1.54, 1.807) is 21.6 Å². The molecule has 10 heteroatoms. The lowest BCUT2D eigenvalue weighted by molar-refractivity contribution is -0.134. The number of fused-ring (bicyclic) bond motifs is 2. The summed E-state index contributed by atoms with van der Waals surface area (Å²) >= 11 is 1.56. The van der Waals surface area contributed by atoms with Gasteiger partial charge in [-0.3, -0.25) is 14.5 Å². The fourth-order valence-electron chi connectivity index (χ4n) is 5.43. The third kappa shape index (κ3) is 4.83. The molecule has 40 heavy (non-hydrogen) atoms. The Balaban J connectivity index is 1.56. The Hall–Kier alpha value is -3.50. The zero-order chi connectivity index (χ0) is 28.0. The molecule has 0 aliphatic carbocycles. The van der Waals surface area contributed by atoms with E-state index in [9.17, 15) is 9.59 Å². The highest BCUT2D eigenvalue weighted by Gasteiger charge is 2.41. The minimum absolute atomic E-state index is 0.0542. The van der Waals surface area contributed by atoms with Crippen molar-refractivity contribution in [2.24, 2.45) is 0 Å². The average Bonchev–Trinajstić information content (AvgIpc) is 3.54. The summed E-state index contributed by atoms with van der Waals surface area (Å²) in [5.41, 5.74) is 4.40. The Morgan fingerprint density at radius 3 is 2.58 bits per heavy atom. The number of carbonyl (C=O) groups is 2. The third-order valence-electron chi connectivity index (χ3n) is 7.50. The summed E-state index contributed by atoms with van der Waals surface area (Å²) in [6.07, 6.45) is 0. The van der Waals surface area contributed by atoms with Crippen molar-refractivity contribution in [2.45, 2.75) is 38.4 Å². The van der Waals surface area contributed by atoms with Gasteiger partial charge in [0, 0.05) is 24.1 Å². The molecule has 1 atom stereocenters. The quantitative estimate of drug-likeness (QED) is 0.470. The number of carbonyl (C=O) groups excluding carboxylic acids is 2. The smallest absolute Gasteiger partial charge is 0.242 e. The van der Waals surface area contributed by atoms with Crippen LogP contribution >= 0.6 is 11.8 Å². The summed E-state index contributed by atoms with van der Waals surface area (Å²) in [6, 6.07) is 14.0. The first-order valence-electron chi connectivity index (χ1n) is 13.6. The number of nitrogens with zero attached hydrogens (tertiary/aromatic N) is 4. The van der Waals surface area contributed by atoms with E-state index >= 15 is 0 Å². The van der Waals surface area contributed by atoms with Gasteiger partial charge >= 0.3 is 0 Å². The predicted octanol–water partition coefficient (Wildman–Crippen LogP) is 4.23. The largest absolute Gasteiger partial charge is 0.454 e. The van der Waals surface area contributed by atoms with Gasteiger partial charge in [0.05, 0.1) is 35.6 Å². The number of anilines is 1. The normalized spacial score (nSPS) is 19.0. The second-order valence-electron chi connectivity index (χ2n) is 11.3. The first kappa shape index (κ1) is 26.7. The van der Waals surface area contributed by atoms with E-state index in [1.807, 2.05) is 54.1 Å². The van der Waals surface area contributed by atoms with Crippen molar-refractivity contribution in [2.75, 3.05) is 50.3 Å². The van der Waals surface area contributed by atoms with Gasteiger partial charge in [-0.1, -0.05) is 45.0 Å². The van der Waals surface area contributed by atoms with Crippen molar-refractivity contribution in [3.8, 4) is 17.2 Å². The molecule has 210 valence electrons. The Morgan fingerprint density at radius 1 is 1.07 bits per heavy atom. The van der Waals surface area contributed by atoms with Crippen LogP contribution in [0.4, 0.5) is 5.82 Å². The van der Waals surface area contributed by atoms with E-state index in [1.165, 1.54) is 0 Å². The summed E-state index contributed by atoms with van der Waals surface area (Å²) in [5.74, 6) is 2.07. The van der Waals surface area contributed by atoms with Crippen molar-refractivity contribution in [3.63, 3.8) is 0 Å². The van der Waals surface area contributed by atoms with Crippen LogP contribution in [0.15, 0.2) is 42.5 Å². The zero-order valence-electron chi connectivity index (χ0n) is 23.3. The van der Waals surface area contributed by atoms with Crippen LogP contribution in [0, 0.1) is 6.92 Å². The molecule has 0 N–H and O–H groups in total. The Bertz CT molecular complexity index is 1460. The van der Waals surface area contributed by atoms with Crippen LogP contribution in [0.1, 0.15) is 48.4 Å². The summed E-state index contributed by atoms with van der Waals surface area (Å²) in [4.78, 5) is 30.9. The summed E-state index contributed by atoms with van der Waals surface area (Å²) in [6.45, 7) is 10.6. The molecule has 0 spiro atoms. The highest BCUT2D eigenvalue weighted by atomic mass is 32.2. The van der Waals surface area contributed by atoms with Crippen LogP contribution in [-0.4, -0.2) is 71.9 Å². The first-order chi connectivity index (χ1) is 19.2. The average molecular weight is 563 g/mol. The highest BCUT2D eigenvalue weighted by molar-refractivity contribution is 8.00. The second-order valence-corrected chi connectivity index (χ2v) is 12.4. The van der Waals surface area contributed by atoms with Crippen LogP contribution < -0.4 is 14.4 Å². The Kier molecular flexibility index (Phi) is 7.00. The Morgan fingerprint density at radius 2 is 1.82 bits per heavy atom. The third-order valence-corrected chi connectivity index (χ3v) is 8.75. The van der Waals surface area contributed by atoms with Gasteiger partial charge < -0.3 is 19.1 Å². The fourth-order valence-corrected chi connectivity index (χ4v) is 6.62. The molecule has 0 bridgehead atoms. The molecule has 2 aromatic carbocycles. The van der Waals surface area contributed by atoms with Gasteiger partial charge in [-0.25, -0.2) is 4.68 Å². The molecule has 0 radical (unpaired) electrons. The van der Waals surface area contributed by atoms with E-state index < -0.39 is 0 Å². The molecular weight excluding hydrogens is 528 g/mol. The van der Waals surface area contributed by atoms with Crippen LogP contribution in [0.25, 0.3) is 5.69 Å². The lowest BCUT2D eigenvalue weighted by atomic mass is 9.87. The van der Waals surface area contributed by atoms with Crippen molar-refractivity contribution < 1.29 is 23.8 Å². The monoisotopic (exact) mass is 562 g/mol. The molecule has 4 heterocycles. The highest BCUT2D eigenvalue weighted by Crippen LogP contribution is 2.50. The number of thioether (sulfide) groups is 1. The number of rotatable bonds is 4. The molecule has 3 aliphatic rings. The molecule has 0 saturated carbocycles. The lowest BCUT2D eigenvalue weighted by Crippen LogP contribution is -2.48. The number of hydrogen-bond donors (Lipinski definition) is 0. The first-order valence-corrected chi connectivity index (χ1v) is 14.6. The fraction of sp³-hybridized carbons (Fsp3) is 0.433. The molecule has 3 aliphatic heterocycles. The number of benzene rings is 2. The topological polar surface area (TPSA) is 86.1 Å². The molecular formula is C30H34N4O5S. The van der Waals surface area contributed by atoms with Gasteiger partial charge in [-0.15, -0.1) is 11.8 Å². The van der Waals surface area contributed by atoms with Crippen LogP contribution in [0.5, 0.6) is 11.5 Å². The molecule has 1 saturated heterocycles. The lowest BCUT2D eigenvalue weighted by Gasteiger charge is -2.30. The maximum atomic E-state index is 13.9.